The van der Waals surface area contributed by atoms with Gasteiger partial charge in [0.2, 0.25) is 0 Å². The van der Waals surface area contributed by atoms with Gasteiger partial charge in [0.25, 0.3) is 5.91 Å². The minimum atomic E-state index is -0.897. The van der Waals surface area contributed by atoms with Crippen LogP contribution >= 0.6 is 23.2 Å². The van der Waals surface area contributed by atoms with Crippen molar-refractivity contribution >= 4 is 62.8 Å². The molecule has 1 amide bonds. The zero-order valence-electron chi connectivity index (χ0n) is 23.2. The lowest BCUT2D eigenvalue weighted by atomic mass is 9.96. The van der Waals surface area contributed by atoms with Crippen LogP contribution in [0.15, 0.2) is 71.1 Å². The molecule has 7 nitrogen and oxygen atoms in total. The number of amides is 1. The van der Waals surface area contributed by atoms with Crippen LogP contribution in [0, 0.1) is 5.82 Å². The lowest BCUT2D eigenvalue weighted by Crippen LogP contribution is -2.49. The number of carbonyl (C=O) groups excluding carboxylic acids is 1. The van der Waals surface area contributed by atoms with Gasteiger partial charge in [-0.15, -0.1) is 0 Å². The Morgan fingerprint density at radius 3 is 2.43 bits per heavy atom. The lowest BCUT2D eigenvalue weighted by molar-refractivity contribution is -0.129. The Morgan fingerprint density at radius 2 is 1.76 bits per heavy atom. The van der Waals surface area contributed by atoms with Crippen molar-refractivity contribution in [1.82, 2.24) is 14.9 Å². The van der Waals surface area contributed by atoms with Crippen LogP contribution < -0.4 is 9.64 Å². The number of aromatic nitrogens is 2. The van der Waals surface area contributed by atoms with Gasteiger partial charge in [-0.05, 0) is 36.9 Å². The third-order valence-corrected chi connectivity index (χ3v) is 7.68. The summed E-state index contributed by atoms with van der Waals surface area (Å²) < 4.78 is 36.4. The molecule has 2 heterocycles. The number of nitrogens with zero attached hydrogens (tertiary/aromatic N) is 5. The highest BCUT2D eigenvalue weighted by atomic mass is 35.5. The van der Waals surface area contributed by atoms with Gasteiger partial charge in [0.05, 0.1) is 17.8 Å². The summed E-state index contributed by atoms with van der Waals surface area (Å²) in [4.78, 5) is 28.9. The van der Waals surface area contributed by atoms with Gasteiger partial charge in [0, 0.05) is 59.8 Å². The molecule has 0 unspecified atom stereocenters. The van der Waals surface area contributed by atoms with Crippen LogP contribution in [0.2, 0.25) is 10.0 Å². The molecule has 1 saturated heterocycles. The fourth-order valence-electron chi connectivity index (χ4n) is 5.05. The number of rotatable bonds is 6. The van der Waals surface area contributed by atoms with Gasteiger partial charge in [-0.1, -0.05) is 59.6 Å². The quantitative estimate of drug-likeness (QED) is 0.129. The van der Waals surface area contributed by atoms with E-state index in [1.54, 1.807) is 38.1 Å². The highest BCUT2D eigenvalue weighted by Gasteiger charge is 2.28. The summed E-state index contributed by atoms with van der Waals surface area (Å²) in [7, 11) is 1.40. The highest BCUT2D eigenvalue weighted by molar-refractivity contribution is 6.38. The second-order valence-electron chi connectivity index (χ2n) is 9.49. The molecule has 0 radical (unpaired) electrons. The number of halogens is 4. The smallest absolute Gasteiger partial charge is 0.318 e. The monoisotopic (exact) mass is 609 g/mol. The summed E-state index contributed by atoms with van der Waals surface area (Å²) in [5.41, 5.74) is 1.09. The number of methoxy groups -OCH3 is 1. The number of aliphatic imine (C=N–C) groups is 1. The summed E-state index contributed by atoms with van der Waals surface area (Å²) in [5, 5.41) is 2.54. The van der Waals surface area contributed by atoms with Gasteiger partial charge < -0.3 is 14.5 Å². The van der Waals surface area contributed by atoms with E-state index in [1.165, 1.54) is 18.2 Å². The zero-order chi connectivity index (χ0) is 30.0. The van der Waals surface area contributed by atoms with Crippen LogP contribution in [0.5, 0.6) is 6.01 Å². The van der Waals surface area contributed by atoms with E-state index < -0.39 is 17.6 Å². The van der Waals surface area contributed by atoms with Crippen LogP contribution in [0.3, 0.4) is 0 Å². The third kappa shape index (κ3) is 5.54. The van der Waals surface area contributed by atoms with E-state index in [0.29, 0.717) is 46.0 Å². The molecule has 1 aromatic heterocycles. The predicted octanol–water partition coefficient (Wildman–Crippen LogP) is 7.40. The lowest BCUT2D eigenvalue weighted by Gasteiger charge is -2.35. The van der Waals surface area contributed by atoms with Crippen molar-refractivity contribution in [3.8, 4) is 17.1 Å². The van der Waals surface area contributed by atoms with E-state index >= 15 is 4.39 Å². The summed E-state index contributed by atoms with van der Waals surface area (Å²) in [5.74, 6) is -1.86. The molecular formula is C31H27Cl2F2N5O2. The van der Waals surface area contributed by atoms with Crippen LogP contribution in [0.1, 0.15) is 13.8 Å². The number of fused-ring (bicyclic) bond motifs is 2. The zero-order valence-corrected chi connectivity index (χ0v) is 24.7. The molecule has 1 aliphatic rings. The van der Waals surface area contributed by atoms with E-state index in [1.807, 2.05) is 29.2 Å². The number of hydrogen-bond acceptors (Lipinski definition) is 6. The molecule has 1 aliphatic heterocycles. The van der Waals surface area contributed by atoms with Crippen molar-refractivity contribution in [2.24, 2.45) is 4.99 Å². The van der Waals surface area contributed by atoms with Crippen molar-refractivity contribution in [1.29, 1.82) is 0 Å². The standard InChI is InChI=1S/C31H27Cl2F2N5O2/c1-4-19(36-5-2)16-24(34)30(41)40-14-12-39(13-15-40)29-21-17-23(33)26(27(35)28(21)37-31(38-29)42-3)20-10-6-8-18-9-7-11-22(32)25(18)20/h4-11,16-17H,12-15H2,1-3H3/b19-4-,24-16-,36-5?. The third-order valence-electron chi connectivity index (χ3n) is 7.07. The normalized spacial score (nSPS) is 14.8. The molecule has 0 saturated carbocycles. The largest absolute Gasteiger partial charge is 0.467 e. The first-order valence-corrected chi connectivity index (χ1v) is 14.0. The van der Waals surface area contributed by atoms with Gasteiger partial charge in [-0.25, -0.2) is 8.78 Å². The summed E-state index contributed by atoms with van der Waals surface area (Å²) in [6.07, 6.45) is 4.25. The molecule has 5 rings (SSSR count). The molecule has 11 heteroatoms. The maximum absolute atomic E-state index is 16.4. The number of anilines is 1. The molecule has 1 fully saturated rings. The van der Waals surface area contributed by atoms with Gasteiger partial charge in [0.1, 0.15) is 11.3 Å². The van der Waals surface area contributed by atoms with Gasteiger partial charge in [-0.2, -0.15) is 9.97 Å². The molecular weight excluding hydrogens is 583 g/mol. The van der Waals surface area contributed by atoms with Gasteiger partial charge in [-0.3, -0.25) is 9.79 Å². The van der Waals surface area contributed by atoms with Crippen LogP contribution in [0.25, 0.3) is 32.8 Å². The maximum Gasteiger partial charge on any atom is 0.318 e. The first-order valence-electron chi connectivity index (χ1n) is 13.2. The van der Waals surface area contributed by atoms with Crippen LogP contribution in [-0.4, -0.2) is 60.3 Å². The number of allylic oxidation sites excluding steroid dienone is 2. The molecule has 216 valence electrons. The van der Waals surface area contributed by atoms with Crippen LogP contribution in [-0.2, 0) is 4.79 Å². The first-order chi connectivity index (χ1) is 20.3. The van der Waals surface area contributed by atoms with E-state index in [0.717, 1.165) is 11.5 Å². The van der Waals surface area contributed by atoms with E-state index in [9.17, 15) is 9.18 Å². The average Bonchev–Trinajstić information content (AvgIpc) is 3.00. The molecule has 0 aliphatic carbocycles. The van der Waals surface area contributed by atoms with Crippen molar-refractivity contribution in [2.45, 2.75) is 13.8 Å². The van der Waals surface area contributed by atoms with E-state index in [4.69, 9.17) is 27.9 Å². The maximum atomic E-state index is 16.4. The minimum absolute atomic E-state index is 0.0246. The molecule has 0 N–H and O–H groups in total. The van der Waals surface area contributed by atoms with Crippen molar-refractivity contribution in [2.75, 3.05) is 38.2 Å². The Labute approximate surface area is 251 Å². The number of piperazine rings is 1. The molecule has 42 heavy (non-hydrogen) atoms. The van der Waals surface area contributed by atoms with Crippen molar-refractivity contribution in [3.63, 3.8) is 0 Å². The minimum Gasteiger partial charge on any atom is -0.467 e. The molecule has 3 aromatic carbocycles. The van der Waals surface area contributed by atoms with E-state index in [2.05, 4.69) is 15.0 Å². The summed E-state index contributed by atoms with van der Waals surface area (Å²) >= 11 is 13.3. The second-order valence-corrected chi connectivity index (χ2v) is 10.3. The number of benzene rings is 3. The summed E-state index contributed by atoms with van der Waals surface area (Å²) in [6.45, 7) is 4.50. The molecule has 0 spiro atoms. The molecule has 4 aromatic rings. The van der Waals surface area contributed by atoms with Gasteiger partial charge in [0.15, 0.2) is 11.6 Å². The van der Waals surface area contributed by atoms with Crippen molar-refractivity contribution < 1.29 is 18.3 Å². The Bertz CT molecular complexity index is 1780. The Kier molecular flexibility index (Phi) is 8.70. The van der Waals surface area contributed by atoms with Crippen LogP contribution in [0.4, 0.5) is 14.6 Å². The fraction of sp³-hybridized carbons (Fsp3) is 0.226. The predicted molar refractivity (Wildman–Crippen MR) is 165 cm³/mol. The SMILES string of the molecule is CC=NC(=C\C)/C=C(\F)C(=O)N1CCN(c2nc(OC)nc3c(F)c(-c4cccc5cccc(Cl)c45)c(Cl)cc23)CC1. The summed E-state index contributed by atoms with van der Waals surface area (Å²) in [6, 6.07) is 12.5. The molecule has 0 atom stereocenters. The number of ether oxygens (including phenoxy) is 1. The number of carbonyl (C=O) groups is 1. The molecule has 0 bridgehead atoms. The highest BCUT2D eigenvalue weighted by Crippen LogP contribution is 2.42. The van der Waals surface area contributed by atoms with Gasteiger partial charge >= 0.3 is 6.01 Å². The van der Waals surface area contributed by atoms with Crippen molar-refractivity contribution in [3.05, 3.63) is 82.0 Å². The first kappa shape index (κ1) is 29.4. The Morgan fingerprint density at radius 1 is 1.05 bits per heavy atom. The topological polar surface area (TPSA) is 70.9 Å². The Balaban J connectivity index is 1.51. The average molecular weight is 610 g/mol. The number of hydrogen-bond donors (Lipinski definition) is 0. The second kappa shape index (κ2) is 12.4. The van der Waals surface area contributed by atoms with E-state index in [-0.39, 0.29) is 35.2 Å². The Hall–Kier alpha value is -4.08. The fourth-order valence-corrected chi connectivity index (χ4v) is 5.63.